The highest BCUT2D eigenvalue weighted by Gasteiger charge is 2.11. The fraction of sp³-hybridized carbons (Fsp3) is 0.190. The number of nitrogens with zero attached hydrogens (tertiary/aromatic N) is 2. The van der Waals surface area contributed by atoms with Crippen molar-refractivity contribution in [1.29, 1.82) is 0 Å². The van der Waals surface area contributed by atoms with Gasteiger partial charge in [0.1, 0.15) is 5.01 Å². The van der Waals surface area contributed by atoms with Gasteiger partial charge in [0.2, 0.25) is 5.91 Å². The highest BCUT2D eigenvalue weighted by Crippen LogP contribution is 2.30. The second kappa shape index (κ2) is 7.58. The number of hydrogen-bond acceptors (Lipinski definition) is 5. The van der Waals surface area contributed by atoms with Crippen LogP contribution in [0.1, 0.15) is 30.5 Å². The molecule has 4 nitrogen and oxygen atoms in total. The number of hydrogen-bond donors (Lipinski definition) is 1. The zero-order valence-corrected chi connectivity index (χ0v) is 16.7. The minimum atomic E-state index is -0.0525. The van der Waals surface area contributed by atoms with E-state index in [1.807, 2.05) is 47.8 Å². The van der Waals surface area contributed by atoms with Gasteiger partial charge in [-0.15, -0.1) is 22.7 Å². The summed E-state index contributed by atoms with van der Waals surface area (Å²) in [7, 11) is 0. The van der Waals surface area contributed by atoms with Crippen molar-refractivity contribution in [3.05, 3.63) is 64.6 Å². The minimum Gasteiger partial charge on any atom is -0.326 e. The van der Waals surface area contributed by atoms with Crippen LogP contribution in [-0.2, 0) is 11.2 Å². The van der Waals surface area contributed by atoms with Crippen LogP contribution >= 0.6 is 22.7 Å². The Hall–Kier alpha value is -2.57. The van der Waals surface area contributed by atoms with Gasteiger partial charge in [-0.05, 0) is 36.4 Å². The van der Waals surface area contributed by atoms with Crippen LogP contribution in [0, 0.1) is 0 Å². The van der Waals surface area contributed by atoms with Crippen molar-refractivity contribution in [2.75, 3.05) is 5.32 Å². The number of carbonyl (C=O) groups excluding carboxylic acids is 1. The molecule has 0 fully saturated rings. The van der Waals surface area contributed by atoms with Gasteiger partial charge < -0.3 is 5.32 Å². The van der Waals surface area contributed by atoms with Crippen molar-refractivity contribution in [2.45, 2.75) is 26.2 Å². The molecule has 6 heteroatoms. The average Bonchev–Trinajstić information content (AvgIpc) is 3.29. The van der Waals surface area contributed by atoms with Crippen molar-refractivity contribution >= 4 is 44.5 Å². The van der Waals surface area contributed by atoms with Crippen LogP contribution in [-0.4, -0.2) is 15.9 Å². The number of para-hydroxylation sites is 1. The fourth-order valence-electron chi connectivity index (χ4n) is 2.73. The highest BCUT2D eigenvalue weighted by atomic mass is 32.1. The molecule has 2 aromatic heterocycles. The Balaban J connectivity index is 1.43. The molecule has 0 atom stereocenters. The van der Waals surface area contributed by atoms with Gasteiger partial charge in [0, 0.05) is 22.5 Å². The maximum Gasteiger partial charge on any atom is 0.230 e. The van der Waals surface area contributed by atoms with Crippen LogP contribution < -0.4 is 5.32 Å². The van der Waals surface area contributed by atoms with Gasteiger partial charge in [-0.25, -0.2) is 9.97 Å². The number of anilines is 1. The first kappa shape index (κ1) is 17.8. The minimum absolute atomic E-state index is 0.0525. The molecule has 27 heavy (non-hydrogen) atoms. The SMILES string of the molecule is CC(C)c1nc(CC(=O)Nc2ccc(-c3nc4ccccc4s3)cc2)cs1. The van der Waals surface area contributed by atoms with Gasteiger partial charge in [0.15, 0.2) is 0 Å². The number of amides is 1. The van der Waals surface area contributed by atoms with E-state index in [-0.39, 0.29) is 5.91 Å². The van der Waals surface area contributed by atoms with Gasteiger partial charge in [-0.1, -0.05) is 26.0 Å². The zero-order chi connectivity index (χ0) is 18.8. The summed E-state index contributed by atoms with van der Waals surface area (Å²) >= 11 is 3.28. The first-order chi connectivity index (χ1) is 13.1. The Morgan fingerprint density at radius 3 is 2.56 bits per heavy atom. The fourth-order valence-corrected chi connectivity index (χ4v) is 4.54. The van der Waals surface area contributed by atoms with Crippen molar-refractivity contribution in [3.8, 4) is 10.6 Å². The van der Waals surface area contributed by atoms with Crippen LogP contribution in [0.3, 0.4) is 0 Å². The normalized spacial score (nSPS) is 11.2. The lowest BCUT2D eigenvalue weighted by molar-refractivity contribution is -0.115. The summed E-state index contributed by atoms with van der Waals surface area (Å²) in [6.45, 7) is 4.21. The maximum atomic E-state index is 12.3. The van der Waals surface area contributed by atoms with Crippen LogP contribution in [0.25, 0.3) is 20.8 Å². The molecular weight excluding hydrogens is 374 g/mol. The number of fused-ring (bicyclic) bond motifs is 1. The van der Waals surface area contributed by atoms with E-state index in [1.165, 1.54) is 4.70 Å². The summed E-state index contributed by atoms with van der Waals surface area (Å²) in [5.41, 5.74) is 3.67. The Labute approximate surface area is 165 Å². The molecule has 0 unspecified atom stereocenters. The van der Waals surface area contributed by atoms with Crippen LogP contribution in [0.15, 0.2) is 53.9 Å². The van der Waals surface area contributed by atoms with E-state index in [1.54, 1.807) is 22.7 Å². The maximum absolute atomic E-state index is 12.3. The summed E-state index contributed by atoms with van der Waals surface area (Å²) in [6.07, 6.45) is 0.294. The third-order valence-electron chi connectivity index (χ3n) is 4.11. The van der Waals surface area contributed by atoms with Gasteiger partial charge in [0.25, 0.3) is 0 Å². The smallest absolute Gasteiger partial charge is 0.230 e. The topological polar surface area (TPSA) is 54.9 Å². The lowest BCUT2D eigenvalue weighted by atomic mass is 10.2. The number of benzene rings is 2. The van der Waals surface area contributed by atoms with Gasteiger partial charge in [-0.3, -0.25) is 4.79 Å². The number of rotatable bonds is 5. The Morgan fingerprint density at radius 1 is 1.07 bits per heavy atom. The molecule has 0 aliphatic heterocycles. The molecular formula is C21H19N3OS2. The summed E-state index contributed by atoms with van der Waals surface area (Å²) in [6, 6.07) is 15.9. The molecule has 0 aliphatic carbocycles. The Kier molecular flexibility index (Phi) is 5.01. The van der Waals surface area contributed by atoms with E-state index < -0.39 is 0 Å². The van der Waals surface area contributed by atoms with E-state index in [4.69, 9.17) is 0 Å². The molecule has 0 saturated heterocycles. The summed E-state index contributed by atoms with van der Waals surface area (Å²) in [5, 5.41) is 6.96. The average molecular weight is 394 g/mol. The Morgan fingerprint density at radius 2 is 1.85 bits per heavy atom. The van der Waals surface area contributed by atoms with Crippen molar-refractivity contribution in [2.24, 2.45) is 0 Å². The third-order valence-corrected chi connectivity index (χ3v) is 6.39. The van der Waals surface area contributed by atoms with E-state index in [0.717, 1.165) is 32.5 Å². The predicted octanol–water partition coefficient (Wildman–Crippen LogP) is 5.72. The molecule has 0 aliphatic rings. The highest BCUT2D eigenvalue weighted by molar-refractivity contribution is 7.21. The first-order valence-corrected chi connectivity index (χ1v) is 10.5. The van der Waals surface area contributed by atoms with Gasteiger partial charge >= 0.3 is 0 Å². The number of aromatic nitrogens is 2. The summed E-state index contributed by atoms with van der Waals surface area (Å²) in [4.78, 5) is 21.5. The molecule has 1 amide bonds. The van der Waals surface area contributed by atoms with E-state index in [2.05, 4.69) is 35.2 Å². The molecule has 2 heterocycles. The van der Waals surface area contributed by atoms with E-state index >= 15 is 0 Å². The lowest BCUT2D eigenvalue weighted by Gasteiger charge is -2.05. The number of nitrogens with one attached hydrogen (secondary N) is 1. The van der Waals surface area contributed by atoms with Crippen molar-refractivity contribution in [1.82, 2.24) is 9.97 Å². The summed E-state index contributed by atoms with van der Waals surface area (Å²) in [5.74, 6) is 0.338. The monoisotopic (exact) mass is 393 g/mol. The van der Waals surface area contributed by atoms with Crippen LogP contribution in [0.4, 0.5) is 5.69 Å². The van der Waals surface area contributed by atoms with Gasteiger partial charge in [-0.2, -0.15) is 0 Å². The zero-order valence-electron chi connectivity index (χ0n) is 15.1. The van der Waals surface area contributed by atoms with Crippen LogP contribution in [0.5, 0.6) is 0 Å². The molecule has 1 N–H and O–H groups in total. The predicted molar refractivity (Wildman–Crippen MR) is 114 cm³/mol. The van der Waals surface area contributed by atoms with E-state index in [0.29, 0.717) is 12.3 Å². The van der Waals surface area contributed by atoms with Gasteiger partial charge in [0.05, 0.1) is 27.3 Å². The van der Waals surface area contributed by atoms with Crippen molar-refractivity contribution < 1.29 is 4.79 Å². The molecule has 0 spiro atoms. The Bertz CT molecular complexity index is 1050. The number of thiazole rings is 2. The van der Waals surface area contributed by atoms with Crippen molar-refractivity contribution in [3.63, 3.8) is 0 Å². The second-order valence-corrected chi connectivity index (χ2v) is 8.54. The summed E-state index contributed by atoms with van der Waals surface area (Å²) < 4.78 is 1.17. The molecule has 2 aromatic carbocycles. The second-order valence-electron chi connectivity index (χ2n) is 6.62. The molecule has 136 valence electrons. The molecule has 0 radical (unpaired) electrons. The third kappa shape index (κ3) is 4.07. The first-order valence-electron chi connectivity index (χ1n) is 8.78. The van der Waals surface area contributed by atoms with E-state index in [9.17, 15) is 4.79 Å². The lowest BCUT2D eigenvalue weighted by Crippen LogP contribution is -2.14. The molecule has 4 aromatic rings. The quantitative estimate of drug-likeness (QED) is 0.471. The largest absolute Gasteiger partial charge is 0.326 e. The molecule has 0 bridgehead atoms. The standard InChI is InChI=1S/C21H19N3OS2/c1-13(2)20-23-16(12-26-20)11-19(25)22-15-9-7-14(8-10-15)21-24-17-5-3-4-6-18(17)27-21/h3-10,12-13H,11H2,1-2H3,(H,22,25). The number of carbonyl (C=O) groups is 1. The molecule has 0 saturated carbocycles. The molecule has 4 rings (SSSR count). The van der Waals surface area contributed by atoms with Crippen LogP contribution in [0.2, 0.25) is 0 Å².